The Balaban J connectivity index is 0.000000198. The minimum absolute atomic E-state index is 0.401. The minimum atomic E-state index is 0.401. The Kier molecular flexibility index (Phi) is 7.07. The normalized spacial score (nSPS) is 9.96. The average Bonchev–Trinajstić information content (AvgIpc) is 2.56. The third-order valence-corrected chi connectivity index (χ3v) is 4.14. The summed E-state index contributed by atoms with van der Waals surface area (Å²) in [6.07, 6.45) is 3.85. The molecule has 0 amide bonds. The van der Waals surface area contributed by atoms with E-state index in [0.29, 0.717) is 31.9 Å². The molecule has 0 aliphatic carbocycles. The van der Waals surface area contributed by atoms with Crippen molar-refractivity contribution in [2.75, 3.05) is 11.5 Å². The first-order valence-corrected chi connectivity index (χ1v) is 9.08. The number of rotatable bonds is 2. The minimum Gasteiger partial charge on any atom is -0.382 e. The summed E-state index contributed by atoms with van der Waals surface area (Å²) < 4.78 is 1.95. The maximum absolute atomic E-state index is 5.74. The highest BCUT2D eigenvalue weighted by atomic mass is 79.9. The van der Waals surface area contributed by atoms with Gasteiger partial charge in [-0.1, -0.05) is 30.3 Å². The van der Waals surface area contributed by atoms with Gasteiger partial charge in [0, 0.05) is 6.42 Å². The van der Waals surface area contributed by atoms with Crippen LogP contribution in [-0.4, -0.2) is 19.9 Å². The first-order chi connectivity index (χ1) is 11.5. The fraction of sp³-hybridized carbons (Fsp3) is 0.0667. The quantitative estimate of drug-likeness (QED) is 0.533. The Hall–Kier alpha value is -1.58. The highest BCUT2D eigenvalue weighted by Gasteiger charge is 2.04. The lowest BCUT2D eigenvalue weighted by Gasteiger charge is -2.04. The first-order valence-electron chi connectivity index (χ1n) is 6.70. The lowest BCUT2D eigenvalue weighted by molar-refractivity contribution is 1.02. The van der Waals surface area contributed by atoms with Gasteiger partial charge in [-0.05, 0) is 53.4 Å². The van der Waals surface area contributed by atoms with Crippen LogP contribution in [0.15, 0.2) is 56.5 Å². The molecule has 1 aromatic carbocycles. The van der Waals surface area contributed by atoms with E-state index in [1.54, 1.807) is 12.4 Å². The van der Waals surface area contributed by atoms with E-state index in [0.717, 1.165) is 5.69 Å². The third kappa shape index (κ3) is 5.81. The average molecular weight is 517 g/mol. The molecule has 9 heteroatoms. The van der Waals surface area contributed by atoms with E-state index in [2.05, 4.69) is 67.7 Å². The van der Waals surface area contributed by atoms with Crippen molar-refractivity contribution in [1.82, 2.24) is 19.9 Å². The van der Waals surface area contributed by atoms with E-state index in [1.807, 2.05) is 30.3 Å². The van der Waals surface area contributed by atoms with Gasteiger partial charge in [0.2, 0.25) is 0 Å². The van der Waals surface area contributed by atoms with Crippen LogP contribution in [0.1, 0.15) is 11.3 Å². The van der Waals surface area contributed by atoms with Gasteiger partial charge in [-0.15, -0.1) is 0 Å². The number of nitrogen functional groups attached to an aromatic ring is 2. The van der Waals surface area contributed by atoms with Crippen molar-refractivity contribution < 1.29 is 0 Å². The Morgan fingerprint density at radius 3 is 1.96 bits per heavy atom. The molecule has 0 unspecified atom stereocenters. The summed E-state index contributed by atoms with van der Waals surface area (Å²) in [7, 11) is 0. The van der Waals surface area contributed by atoms with E-state index >= 15 is 0 Å². The van der Waals surface area contributed by atoms with Crippen molar-refractivity contribution >= 4 is 59.4 Å². The van der Waals surface area contributed by atoms with Gasteiger partial charge >= 0.3 is 0 Å². The molecular weight excluding hydrogens is 504 g/mol. The van der Waals surface area contributed by atoms with Gasteiger partial charge in [0.25, 0.3) is 0 Å². The smallest absolute Gasteiger partial charge is 0.156 e. The second-order valence-electron chi connectivity index (χ2n) is 4.56. The van der Waals surface area contributed by atoms with Gasteiger partial charge in [0.05, 0.1) is 18.1 Å². The zero-order valence-electron chi connectivity index (χ0n) is 12.3. The van der Waals surface area contributed by atoms with Crippen molar-refractivity contribution in [2.24, 2.45) is 0 Å². The first kappa shape index (κ1) is 18.8. The summed E-state index contributed by atoms with van der Waals surface area (Å²) in [6.45, 7) is 0. The topological polar surface area (TPSA) is 104 Å². The molecule has 6 nitrogen and oxygen atoms in total. The van der Waals surface area contributed by atoms with E-state index in [-0.39, 0.29) is 0 Å². The largest absolute Gasteiger partial charge is 0.382 e. The van der Waals surface area contributed by atoms with Gasteiger partial charge < -0.3 is 11.5 Å². The maximum Gasteiger partial charge on any atom is 0.156 e. The zero-order valence-corrected chi connectivity index (χ0v) is 17.1. The fourth-order valence-corrected chi connectivity index (χ4v) is 2.82. The highest BCUT2D eigenvalue weighted by Crippen LogP contribution is 2.16. The van der Waals surface area contributed by atoms with Gasteiger partial charge in [-0.3, -0.25) is 0 Å². The lowest BCUT2D eigenvalue weighted by atomic mass is 10.1. The van der Waals surface area contributed by atoms with Crippen LogP contribution < -0.4 is 11.5 Å². The number of halogens is 3. The predicted molar refractivity (Wildman–Crippen MR) is 105 cm³/mol. The summed E-state index contributed by atoms with van der Waals surface area (Å²) in [5, 5.41) is 0. The number of hydrogen-bond acceptors (Lipinski definition) is 6. The van der Waals surface area contributed by atoms with Crippen molar-refractivity contribution in [2.45, 2.75) is 6.42 Å². The van der Waals surface area contributed by atoms with Crippen LogP contribution in [0.2, 0.25) is 0 Å². The Bertz CT molecular complexity index is 814. The molecule has 0 saturated heterocycles. The molecule has 0 aliphatic rings. The van der Waals surface area contributed by atoms with E-state index in [4.69, 9.17) is 11.5 Å². The van der Waals surface area contributed by atoms with Crippen LogP contribution in [0.5, 0.6) is 0 Å². The molecule has 3 rings (SSSR count). The molecule has 0 radical (unpaired) electrons. The number of anilines is 2. The number of aromatic nitrogens is 4. The van der Waals surface area contributed by atoms with Crippen LogP contribution in [0.25, 0.3) is 0 Å². The van der Waals surface area contributed by atoms with Crippen molar-refractivity contribution in [3.63, 3.8) is 0 Å². The standard InChI is InChI=1S/C11H10BrN3.C4H3Br2N3/c12-10-7-14-11(13)9(15-10)6-8-4-2-1-3-5-8;5-2-1-8-4(7)3(6)9-2/h1-5,7H,6H2,(H2,13,14);1H,(H2,7,8). The van der Waals surface area contributed by atoms with Gasteiger partial charge in [-0.2, -0.15) is 0 Å². The van der Waals surface area contributed by atoms with Gasteiger partial charge in [-0.25, -0.2) is 19.9 Å². The molecule has 2 heterocycles. The Labute approximate surface area is 164 Å². The number of nitrogens with zero attached hydrogens (tertiary/aromatic N) is 4. The van der Waals surface area contributed by atoms with Crippen molar-refractivity contribution in [3.8, 4) is 0 Å². The molecule has 2 aromatic heterocycles. The predicted octanol–water partition coefficient (Wildman–Crippen LogP) is 4.00. The van der Waals surface area contributed by atoms with Gasteiger partial charge in [0.1, 0.15) is 19.6 Å². The lowest BCUT2D eigenvalue weighted by Crippen LogP contribution is -2.01. The Morgan fingerprint density at radius 1 is 0.792 bits per heavy atom. The molecule has 3 aromatic rings. The summed E-state index contributed by atoms with van der Waals surface area (Å²) in [6, 6.07) is 10.1. The zero-order chi connectivity index (χ0) is 17.5. The summed E-state index contributed by atoms with van der Waals surface area (Å²) in [4.78, 5) is 16.1. The van der Waals surface area contributed by atoms with Crippen LogP contribution in [0.4, 0.5) is 11.6 Å². The van der Waals surface area contributed by atoms with Crippen molar-refractivity contribution in [1.29, 1.82) is 0 Å². The van der Waals surface area contributed by atoms with Gasteiger partial charge in [0.15, 0.2) is 5.82 Å². The molecule has 124 valence electrons. The summed E-state index contributed by atoms with van der Waals surface area (Å²) in [5.74, 6) is 0.889. The molecule has 4 N–H and O–H groups in total. The maximum atomic E-state index is 5.74. The SMILES string of the molecule is Nc1ncc(Br)nc1Br.Nc1ncc(Br)nc1Cc1ccccc1. The number of benzene rings is 1. The fourth-order valence-electron chi connectivity index (χ4n) is 1.69. The monoisotopic (exact) mass is 514 g/mol. The molecule has 0 saturated carbocycles. The number of nitrogens with two attached hydrogens (primary N) is 2. The summed E-state index contributed by atoms with van der Waals surface area (Å²) >= 11 is 9.53. The molecular formula is C15H13Br3N6. The molecule has 0 fully saturated rings. The second kappa shape index (κ2) is 9.05. The van der Waals surface area contributed by atoms with Crippen LogP contribution in [0.3, 0.4) is 0 Å². The van der Waals surface area contributed by atoms with Crippen molar-refractivity contribution in [3.05, 3.63) is 67.8 Å². The third-order valence-electron chi connectivity index (χ3n) is 2.79. The van der Waals surface area contributed by atoms with Crippen LogP contribution in [-0.2, 0) is 6.42 Å². The molecule has 0 bridgehead atoms. The second-order valence-corrected chi connectivity index (χ2v) is 6.93. The van der Waals surface area contributed by atoms with Crippen LogP contribution >= 0.6 is 47.8 Å². The van der Waals surface area contributed by atoms with E-state index < -0.39 is 0 Å². The molecule has 0 atom stereocenters. The van der Waals surface area contributed by atoms with E-state index in [1.165, 1.54) is 5.56 Å². The highest BCUT2D eigenvalue weighted by molar-refractivity contribution is 9.11. The number of hydrogen-bond donors (Lipinski definition) is 2. The molecule has 0 spiro atoms. The molecule has 24 heavy (non-hydrogen) atoms. The van der Waals surface area contributed by atoms with Crippen LogP contribution in [0, 0.1) is 0 Å². The van der Waals surface area contributed by atoms with E-state index in [9.17, 15) is 0 Å². The summed E-state index contributed by atoms with van der Waals surface area (Å²) in [5.41, 5.74) is 13.1. The Morgan fingerprint density at radius 2 is 1.38 bits per heavy atom. The molecule has 0 aliphatic heterocycles.